The maximum Gasteiger partial charge on any atom is 0.268 e. The van der Waals surface area contributed by atoms with E-state index in [2.05, 4.69) is 26.4 Å². The van der Waals surface area contributed by atoms with Gasteiger partial charge < -0.3 is 36.2 Å². The smallest absolute Gasteiger partial charge is 0.268 e. The number of rotatable bonds is 14. The number of nitrogens with zero attached hydrogens (tertiary/aromatic N) is 2. The van der Waals surface area contributed by atoms with Gasteiger partial charge in [0.2, 0.25) is 23.6 Å². The molecule has 0 bridgehead atoms. The lowest BCUT2D eigenvalue weighted by atomic mass is 9.91. The topological polar surface area (TPSA) is 199 Å². The van der Waals surface area contributed by atoms with Crippen LogP contribution in [0.5, 0.6) is 0 Å². The molecule has 5 amide bonds. The summed E-state index contributed by atoms with van der Waals surface area (Å²) in [5.74, 6) is -4.28. The standard InChI is InChI=1S/C30H44N6O8/c1-17(2)25(38)24(35-23(37)16-44-4)30(43)36-22(11-8-13-32-36)29(42)34-21(15-19-9-6-5-7-10-19)26(39)18(3)27(40)33-20-12-14-31-28(20)41/h5-7,9-10,13,17-18,20-22,24-26,38-39H,8,11-12,14-16H2,1-4H3,(H,31,41)(H,33,40)(H,34,42)(H,35,37)/t18-,20-,21-,22-,24+,25+,26-/m0/s1. The zero-order valence-electron chi connectivity index (χ0n) is 25.6. The molecule has 0 radical (unpaired) electrons. The SMILES string of the molecule is COCC(=O)N[C@@H](C(=O)N1N=CCC[C@H]1C(=O)N[C@@H](Cc1ccccc1)[C@@H](O)[C@H](C)C(=O)N[C@H]1CCNC1=O)[C@H](O)C(C)C. The third-order valence-corrected chi connectivity index (χ3v) is 7.81. The van der Waals surface area contributed by atoms with Crippen LogP contribution in [0.1, 0.15) is 45.6 Å². The fourth-order valence-corrected chi connectivity index (χ4v) is 5.14. The minimum atomic E-state index is -1.40. The van der Waals surface area contributed by atoms with Crippen LogP contribution in [0.3, 0.4) is 0 Å². The number of ether oxygens (including phenoxy) is 1. The second-order valence-electron chi connectivity index (χ2n) is 11.5. The molecule has 242 valence electrons. The fraction of sp³-hybridized carbons (Fsp3) is 0.600. The maximum atomic E-state index is 13.8. The van der Waals surface area contributed by atoms with E-state index in [4.69, 9.17) is 4.74 Å². The van der Waals surface area contributed by atoms with Gasteiger partial charge in [-0.1, -0.05) is 51.1 Å². The van der Waals surface area contributed by atoms with Crippen molar-refractivity contribution in [1.29, 1.82) is 0 Å². The third-order valence-electron chi connectivity index (χ3n) is 7.81. The van der Waals surface area contributed by atoms with Crippen molar-refractivity contribution >= 4 is 35.8 Å². The zero-order valence-corrected chi connectivity index (χ0v) is 25.6. The number of aliphatic hydroxyl groups is 2. The van der Waals surface area contributed by atoms with Crippen LogP contribution >= 0.6 is 0 Å². The molecule has 7 atom stereocenters. The van der Waals surface area contributed by atoms with Gasteiger partial charge >= 0.3 is 0 Å². The number of amides is 5. The van der Waals surface area contributed by atoms with Gasteiger partial charge in [0.1, 0.15) is 24.7 Å². The average molecular weight is 617 g/mol. The molecule has 14 heteroatoms. The lowest BCUT2D eigenvalue weighted by molar-refractivity contribution is -0.148. The zero-order chi connectivity index (χ0) is 32.4. The van der Waals surface area contributed by atoms with Crippen molar-refractivity contribution in [2.24, 2.45) is 16.9 Å². The van der Waals surface area contributed by atoms with Gasteiger partial charge in [-0.2, -0.15) is 5.10 Å². The van der Waals surface area contributed by atoms with E-state index in [-0.39, 0.29) is 25.4 Å². The molecule has 0 aromatic heterocycles. The van der Waals surface area contributed by atoms with Gasteiger partial charge in [0.15, 0.2) is 0 Å². The highest BCUT2D eigenvalue weighted by Gasteiger charge is 2.41. The van der Waals surface area contributed by atoms with Crippen molar-refractivity contribution in [2.45, 2.75) is 82.8 Å². The van der Waals surface area contributed by atoms with Crippen LogP contribution < -0.4 is 21.3 Å². The summed E-state index contributed by atoms with van der Waals surface area (Å²) < 4.78 is 4.84. The number of nitrogens with one attached hydrogen (secondary N) is 4. The molecule has 1 saturated heterocycles. The van der Waals surface area contributed by atoms with Crippen molar-refractivity contribution in [1.82, 2.24) is 26.3 Å². The molecular weight excluding hydrogens is 572 g/mol. The molecule has 2 aliphatic rings. The summed E-state index contributed by atoms with van der Waals surface area (Å²) in [4.78, 5) is 64.7. The number of hydrazone groups is 1. The summed E-state index contributed by atoms with van der Waals surface area (Å²) in [6.07, 6.45) is 0.00606. The van der Waals surface area contributed by atoms with Crippen LogP contribution in [0.2, 0.25) is 0 Å². The van der Waals surface area contributed by atoms with Crippen LogP contribution in [0.25, 0.3) is 0 Å². The Hall–Kier alpha value is -3.88. The molecule has 2 heterocycles. The molecular formula is C30H44N6O8. The number of carbonyl (C=O) groups is 5. The highest BCUT2D eigenvalue weighted by atomic mass is 16.5. The molecule has 14 nitrogen and oxygen atoms in total. The number of benzene rings is 1. The van der Waals surface area contributed by atoms with E-state index in [1.807, 2.05) is 30.3 Å². The van der Waals surface area contributed by atoms with Crippen molar-refractivity contribution in [3.63, 3.8) is 0 Å². The Morgan fingerprint density at radius 2 is 1.77 bits per heavy atom. The van der Waals surface area contributed by atoms with E-state index in [9.17, 15) is 34.2 Å². The lowest BCUT2D eigenvalue weighted by Crippen LogP contribution is -2.61. The molecule has 0 aliphatic carbocycles. The maximum absolute atomic E-state index is 13.8. The van der Waals surface area contributed by atoms with E-state index in [1.165, 1.54) is 20.2 Å². The minimum absolute atomic E-state index is 0.168. The first-order chi connectivity index (χ1) is 20.9. The second-order valence-corrected chi connectivity index (χ2v) is 11.5. The number of hydrogen-bond acceptors (Lipinski definition) is 9. The van der Waals surface area contributed by atoms with Gasteiger partial charge in [0.25, 0.3) is 5.91 Å². The molecule has 0 spiro atoms. The molecule has 1 aromatic rings. The molecule has 44 heavy (non-hydrogen) atoms. The van der Waals surface area contributed by atoms with Crippen LogP contribution in [0.4, 0.5) is 0 Å². The summed E-state index contributed by atoms with van der Waals surface area (Å²) in [7, 11) is 1.32. The molecule has 1 fully saturated rings. The molecule has 6 N–H and O–H groups in total. The Kier molecular flexibility index (Phi) is 12.8. The summed E-state index contributed by atoms with van der Waals surface area (Å²) in [6.45, 7) is 4.99. The lowest BCUT2D eigenvalue weighted by Gasteiger charge is -2.36. The second kappa shape index (κ2) is 16.3. The van der Waals surface area contributed by atoms with Gasteiger partial charge in [0, 0.05) is 19.9 Å². The van der Waals surface area contributed by atoms with Crippen LogP contribution in [-0.2, 0) is 35.1 Å². The van der Waals surface area contributed by atoms with Gasteiger partial charge in [0.05, 0.1) is 24.2 Å². The third kappa shape index (κ3) is 9.07. The minimum Gasteiger partial charge on any atom is -0.390 e. The normalized spacial score (nSPS) is 21.5. The molecule has 0 saturated carbocycles. The van der Waals surface area contributed by atoms with Crippen LogP contribution in [0.15, 0.2) is 35.4 Å². The Balaban J connectivity index is 1.82. The van der Waals surface area contributed by atoms with Crippen molar-refractivity contribution in [2.75, 3.05) is 20.3 Å². The van der Waals surface area contributed by atoms with Crippen molar-refractivity contribution < 1.29 is 38.9 Å². The fourth-order valence-electron chi connectivity index (χ4n) is 5.14. The highest BCUT2D eigenvalue weighted by Crippen LogP contribution is 2.20. The quantitative estimate of drug-likeness (QED) is 0.150. The predicted octanol–water partition coefficient (Wildman–Crippen LogP) is -1.16. The number of carbonyl (C=O) groups excluding carboxylic acids is 5. The van der Waals surface area contributed by atoms with E-state index in [1.54, 1.807) is 13.8 Å². The van der Waals surface area contributed by atoms with E-state index >= 15 is 0 Å². The van der Waals surface area contributed by atoms with Crippen molar-refractivity contribution in [3.8, 4) is 0 Å². The summed E-state index contributed by atoms with van der Waals surface area (Å²) in [5, 5.41) is 37.9. The van der Waals surface area contributed by atoms with E-state index < -0.39 is 71.8 Å². The Bertz CT molecular complexity index is 1200. The summed E-state index contributed by atoms with van der Waals surface area (Å²) >= 11 is 0. The van der Waals surface area contributed by atoms with Crippen LogP contribution in [0, 0.1) is 11.8 Å². The Morgan fingerprint density at radius 3 is 2.39 bits per heavy atom. The molecule has 1 aromatic carbocycles. The van der Waals surface area contributed by atoms with E-state index in [0.29, 0.717) is 19.4 Å². The Labute approximate surface area is 257 Å². The first-order valence-corrected chi connectivity index (χ1v) is 14.9. The molecule has 3 rings (SSSR count). The van der Waals surface area contributed by atoms with Gasteiger partial charge in [-0.15, -0.1) is 0 Å². The van der Waals surface area contributed by atoms with Gasteiger partial charge in [-0.3, -0.25) is 24.0 Å². The summed E-state index contributed by atoms with van der Waals surface area (Å²) in [6, 6.07) is 4.92. The highest BCUT2D eigenvalue weighted by molar-refractivity contribution is 5.94. The van der Waals surface area contributed by atoms with Crippen LogP contribution in [-0.4, -0.2) is 108 Å². The largest absolute Gasteiger partial charge is 0.390 e. The number of hydrogen-bond donors (Lipinski definition) is 6. The monoisotopic (exact) mass is 616 g/mol. The number of aliphatic hydroxyl groups excluding tert-OH is 2. The predicted molar refractivity (Wildman–Crippen MR) is 160 cm³/mol. The molecule has 0 unspecified atom stereocenters. The first-order valence-electron chi connectivity index (χ1n) is 14.9. The number of methoxy groups -OCH3 is 1. The van der Waals surface area contributed by atoms with Crippen molar-refractivity contribution in [3.05, 3.63) is 35.9 Å². The average Bonchev–Trinajstić information content (AvgIpc) is 3.42. The molecule has 2 aliphatic heterocycles. The van der Waals surface area contributed by atoms with Gasteiger partial charge in [-0.25, -0.2) is 5.01 Å². The first kappa shape index (κ1) is 34.6. The Morgan fingerprint density at radius 1 is 1.07 bits per heavy atom. The van der Waals surface area contributed by atoms with E-state index in [0.717, 1.165) is 10.6 Å². The van der Waals surface area contributed by atoms with Gasteiger partial charge in [-0.05, 0) is 37.2 Å². The summed E-state index contributed by atoms with van der Waals surface area (Å²) in [5.41, 5.74) is 0.787.